The number of anilines is 2. The van der Waals surface area contributed by atoms with Crippen LogP contribution in [0.1, 0.15) is 13.8 Å². The molecule has 112 valence electrons. The second-order valence-corrected chi connectivity index (χ2v) is 7.80. The number of nitrogens with zero attached hydrogens (tertiary/aromatic N) is 1. The fourth-order valence-electron chi connectivity index (χ4n) is 1.78. The minimum atomic E-state index is 0.462. The maximum absolute atomic E-state index is 5.89. The molecule has 0 aliphatic carbocycles. The second-order valence-electron chi connectivity index (χ2n) is 5.24. The molecule has 20 heavy (non-hydrogen) atoms. The molecule has 1 aromatic heterocycles. The highest BCUT2D eigenvalue weighted by atomic mass is 32.2. The predicted molar refractivity (Wildman–Crippen MR) is 91.0 cm³/mol. The van der Waals surface area contributed by atoms with Gasteiger partial charge in [-0.25, -0.2) is 0 Å². The van der Waals surface area contributed by atoms with E-state index < -0.39 is 0 Å². The van der Waals surface area contributed by atoms with Crippen molar-refractivity contribution in [1.29, 1.82) is 0 Å². The van der Waals surface area contributed by atoms with Gasteiger partial charge in [-0.1, -0.05) is 13.8 Å². The van der Waals surface area contributed by atoms with Crippen molar-refractivity contribution in [1.82, 2.24) is 4.98 Å². The van der Waals surface area contributed by atoms with E-state index in [0.29, 0.717) is 29.3 Å². The molecule has 0 radical (unpaired) electrons. The molecule has 4 nitrogen and oxygen atoms in total. The van der Waals surface area contributed by atoms with Gasteiger partial charge >= 0.3 is 0 Å². The van der Waals surface area contributed by atoms with Crippen LogP contribution in [0.2, 0.25) is 0 Å². The number of hydrogen-bond donors (Lipinski definition) is 2. The molecular weight excluding hydrogens is 290 g/mol. The van der Waals surface area contributed by atoms with Crippen LogP contribution in [0.15, 0.2) is 12.1 Å². The number of thioether (sulfide) groups is 2. The monoisotopic (exact) mass is 313 g/mol. The average molecular weight is 313 g/mol. The van der Waals surface area contributed by atoms with E-state index in [4.69, 9.17) is 10.5 Å². The number of ether oxygens (including phenoxy) is 1. The van der Waals surface area contributed by atoms with Gasteiger partial charge in [-0.15, -0.1) is 0 Å². The molecule has 0 bridgehead atoms. The van der Waals surface area contributed by atoms with Gasteiger partial charge in [0, 0.05) is 29.1 Å². The molecule has 2 rings (SSSR count). The third kappa shape index (κ3) is 4.98. The molecule has 0 aromatic carbocycles. The van der Waals surface area contributed by atoms with Gasteiger partial charge in [-0.05, 0) is 18.1 Å². The summed E-state index contributed by atoms with van der Waals surface area (Å²) in [6, 6.07) is 3.77. The van der Waals surface area contributed by atoms with Crippen molar-refractivity contribution in [2.75, 3.05) is 41.5 Å². The van der Waals surface area contributed by atoms with Crippen LogP contribution in [0.25, 0.3) is 0 Å². The van der Waals surface area contributed by atoms with Crippen LogP contribution in [-0.2, 0) is 0 Å². The van der Waals surface area contributed by atoms with Crippen LogP contribution in [-0.4, -0.2) is 40.6 Å². The van der Waals surface area contributed by atoms with E-state index in [2.05, 4.69) is 24.1 Å². The lowest BCUT2D eigenvalue weighted by atomic mass is 10.2. The van der Waals surface area contributed by atoms with E-state index in [0.717, 1.165) is 12.4 Å². The highest BCUT2D eigenvalue weighted by Crippen LogP contribution is 2.25. The van der Waals surface area contributed by atoms with Gasteiger partial charge in [0.1, 0.15) is 5.82 Å². The van der Waals surface area contributed by atoms with Crippen molar-refractivity contribution in [3.8, 4) is 5.88 Å². The highest BCUT2D eigenvalue weighted by Gasteiger charge is 2.14. The summed E-state index contributed by atoms with van der Waals surface area (Å²) in [6.07, 6.45) is 0. The van der Waals surface area contributed by atoms with Gasteiger partial charge in [0.25, 0.3) is 0 Å². The average Bonchev–Trinajstić information content (AvgIpc) is 2.46. The summed E-state index contributed by atoms with van der Waals surface area (Å²) < 4.78 is 5.65. The lowest BCUT2D eigenvalue weighted by molar-refractivity contribution is 0.263. The Labute approximate surface area is 129 Å². The molecule has 6 heteroatoms. The van der Waals surface area contributed by atoms with E-state index >= 15 is 0 Å². The van der Waals surface area contributed by atoms with Gasteiger partial charge in [-0.2, -0.15) is 28.5 Å². The molecule has 2 heterocycles. The number of aromatic nitrogens is 1. The number of nitrogen functional groups attached to an aromatic ring is 1. The Bertz CT molecular complexity index is 423. The maximum Gasteiger partial charge on any atom is 0.239 e. The standard InChI is InChI=1S/C14H23N3OS2/c1-10(2)8-18-14-12(15)3-4-13(17-14)16-7-11-9-19-5-6-20-11/h3-4,10-11H,5-9,15H2,1-2H3,(H,16,17). The van der Waals surface area contributed by atoms with Crippen molar-refractivity contribution >= 4 is 35.0 Å². The second kappa shape index (κ2) is 7.88. The zero-order valence-corrected chi connectivity index (χ0v) is 13.7. The molecule has 0 amide bonds. The highest BCUT2D eigenvalue weighted by molar-refractivity contribution is 8.06. The topological polar surface area (TPSA) is 60.2 Å². The minimum Gasteiger partial charge on any atom is -0.476 e. The van der Waals surface area contributed by atoms with Gasteiger partial charge in [0.2, 0.25) is 5.88 Å². The molecule has 1 saturated heterocycles. The summed E-state index contributed by atoms with van der Waals surface area (Å²) >= 11 is 4.07. The van der Waals surface area contributed by atoms with Crippen molar-refractivity contribution in [3.05, 3.63) is 12.1 Å². The van der Waals surface area contributed by atoms with E-state index in [1.807, 2.05) is 35.7 Å². The fraction of sp³-hybridized carbons (Fsp3) is 0.643. The molecule has 1 aliphatic heterocycles. The summed E-state index contributed by atoms with van der Waals surface area (Å²) in [4.78, 5) is 4.45. The molecule has 3 N–H and O–H groups in total. The first-order valence-electron chi connectivity index (χ1n) is 6.97. The Morgan fingerprint density at radius 1 is 1.45 bits per heavy atom. The molecule has 1 aliphatic rings. The van der Waals surface area contributed by atoms with Crippen LogP contribution >= 0.6 is 23.5 Å². The van der Waals surface area contributed by atoms with E-state index in [9.17, 15) is 0 Å². The van der Waals surface area contributed by atoms with Crippen molar-refractivity contribution in [3.63, 3.8) is 0 Å². The molecule has 1 unspecified atom stereocenters. The number of nitrogens with one attached hydrogen (secondary N) is 1. The molecule has 1 aromatic rings. The van der Waals surface area contributed by atoms with Crippen molar-refractivity contribution in [2.24, 2.45) is 5.92 Å². The lowest BCUT2D eigenvalue weighted by Crippen LogP contribution is -2.23. The third-order valence-electron chi connectivity index (χ3n) is 2.84. The lowest BCUT2D eigenvalue weighted by Gasteiger charge is -2.21. The predicted octanol–water partition coefficient (Wildman–Crippen LogP) is 2.96. The van der Waals surface area contributed by atoms with Gasteiger partial charge < -0.3 is 15.8 Å². The Morgan fingerprint density at radius 2 is 2.30 bits per heavy atom. The first-order valence-corrected chi connectivity index (χ1v) is 9.18. The number of pyridine rings is 1. The Morgan fingerprint density at radius 3 is 3.00 bits per heavy atom. The quantitative estimate of drug-likeness (QED) is 0.842. The van der Waals surface area contributed by atoms with E-state index in [1.54, 1.807) is 0 Å². The maximum atomic E-state index is 5.89. The van der Waals surface area contributed by atoms with Crippen LogP contribution < -0.4 is 15.8 Å². The van der Waals surface area contributed by atoms with Crippen molar-refractivity contribution < 1.29 is 4.74 Å². The zero-order valence-electron chi connectivity index (χ0n) is 12.1. The largest absolute Gasteiger partial charge is 0.476 e. The summed E-state index contributed by atoms with van der Waals surface area (Å²) in [5.74, 6) is 5.57. The fourth-order valence-corrected chi connectivity index (χ4v) is 4.40. The van der Waals surface area contributed by atoms with Gasteiger partial charge in [-0.3, -0.25) is 0 Å². The van der Waals surface area contributed by atoms with Crippen LogP contribution in [0, 0.1) is 5.92 Å². The molecule has 1 fully saturated rings. The first-order chi connectivity index (χ1) is 9.65. The third-order valence-corrected chi connectivity index (χ3v) is 5.68. The summed E-state index contributed by atoms with van der Waals surface area (Å²) in [5.41, 5.74) is 6.49. The van der Waals surface area contributed by atoms with Crippen LogP contribution in [0.3, 0.4) is 0 Å². The van der Waals surface area contributed by atoms with Crippen LogP contribution in [0.4, 0.5) is 11.5 Å². The Balaban J connectivity index is 1.89. The van der Waals surface area contributed by atoms with E-state index in [1.165, 1.54) is 17.3 Å². The summed E-state index contributed by atoms with van der Waals surface area (Å²) in [6.45, 7) is 5.79. The van der Waals surface area contributed by atoms with Crippen LogP contribution in [0.5, 0.6) is 5.88 Å². The SMILES string of the molecule is CC(C)COc1nc(NCC2CSCCS2)ccc1N. The minimum absolute atomic E-state index is 0.462. The zero-order chi connectivity index (χ0) is 14.4. The molecule has 1 atom stereocenters. The smallest absolute Gasteiger partial charge is 0.239 e. The van der Waals surface area contributed by atoms with E-state index in [-0.39, 0.29) is 0 Å². The summed E-state index contributed by atoms with van der Waals surface area (Å²) in [5, 5.41) is 4.05. The molecule has 0 spiro atoms. The molecular formula is C14H23N3OS2. The normalized spacial score (nSPS) is 19.1. The summed E-state index contributed by atoms with van der Waals surface area (Å²) in [7, 11) is 0. The first kappa shape index (κ1) is 15.6. The van der Waals surface area contributed by atoms with Crippen molar-refractivity contribution in [2.45, 2.75) is 19.1 Å². The Kier molecular flexibility index (Phi) is 6.16. The molecule has 0 saturated carbocycles. The number of hydrogen-bond acceptors (Lipinski definition) is 6. The number of nitrogens with two attached hydrogens (primary N) is 1. The van der Waals surface area contributed by atoms with Gasteiger partial charge in [0.15, 0.2) is 0 Å². The Hall–Kier alpha value is -0.750. The number of rotatable bonds is 6. The van der Waals surface area contributed by atoms with Gasteiger partial charge in [0.05, 0.1) is 12.3 Å².